The van der Waals surface area contributed by atoms with Crippen molar-refractivity contribution >= 4 is 83.0 Å². The van der Waals surface area contributed by atoms with Crippen molar-refractivity contribution in [2.75, 3.05) is 0 Å². The first-order valence-corrected chi connectivity index (χ1v) is 7.58. The fraction of sp³-hybridized carbons (Fsp3) is 0. The van der Waals surface area contributed by atoms with Crippen LogP contribution in [0, 0.1) is 60.7 Å². The average molecular weight is 628 g/mol. The molecule has 0 aliphatic carbocycles. The van der Waals surface area contributed by atoms with E-state index in [1.54, 1.807) is 0 Å². The molecule has 0 fully saturated rings. The van der Waals surface area contributed by atoms with Crippen LogP contribution in [0.5, 0.6) is 23.0 Å². The number of phenols is 4. The number of rotatable bonds is 6. The van der Waals surface area contributed by atoms with Crippen molar-refractivity contribution in [3.05, 3.63) is 72.8 Å². The number of hydrogen-bond acceptors (Lipinski definition) is 16. The topological polar surface area (TPSA) is 340 Å². The Bertz CT molecular complexity index is 1100. The predicted octanol–water partition coefficient (Wildman–Crippen LogP) is 1.26. The van der Waals surface area contributed by atoms with E-state index in [1.165, 1.54) is 0 Å². The summed E-state index contributed by atoms with van der Waals surface area (Å²) in [7, 11) is 0. The number of phenolic OH excluding ortho intramolecular Hbond substituents is 4. The Kier molecular flexibility index (Phi) is 10.2. The third-order valence-corrected chi connectivity index (χ3v) is 3.57. The molecule has 0 bridgehead atoms. The van der Waals surface area contributed by atoms with Crippen LogP contribution < -0.4 is 0 Å². The van der Waals surface area contributed by atoms with Gasteiger partial charge >= 0.3 is 34.1 Å². The monoisotopic (exact) mass is 628 g/mol. The maximum absolute atomic E-state index is 10.4. The zero-order valence-electron chi connectivity index (χ0n) is 16.2. The maximum atomic E-state index is 10.4. The fourth-order valence-electron chi connectivity index (χ4n) is 2.14. The molecule has 0 spiro atoms. The number of nitrogens with zero attached hydrogens (tertiary/aromatic N) is 6. The van der Waals surface area contributed by atoms with E-state index in [2.05, 4.69) is 0 Å². The standard InChI is InChI=1S/2C6H3N3O8.Ba/c2*10-5-2(7(12)13)1-3(8(14)15)6(11)4(5)9(16)17;/h2*1,10-11H;. The van der Waals surface area contributed by atoms with Crippen LogP contribution in [0.2, 0.25) is 0 Å². The van der Waals surface area contributed by atoms with Crippen LogP contribution in [0.15, 0.2) is 12.1 Å². The Morgan fingerprint density at radius 3 is 0.714 bits per heavy atom. The van der Waals surface area contributed by atoms with E-state index in [1.807, 2.05) is 0 Å². The number of benzene rings is 2. The van der Waals surface area contributed by atoms with Crippen LogP contribution >= 0.6 is 0 Å². The molecule has 0 aliphatic heterocycles. The first-order chi connectivity index (χ1) is 15.5. The van der Waals surface area contributed by atoms with Crippen molar-refractivity contribution in [3.63, 3.8) is 0 Å². The van der Waals surface area contributed by atoms with Gasteiger partial charge in [-0.1, -0.05) is 0 Å². The number of hydrogen-bond donors (Lipinski definition) is 4. The second-order valence-corrected chi connectivity index (χ2v) is 5.46. The van der Waals surface area contributed by atoms with Crippen LogP contribution in [0.3, 0.4) is 0 Å². The van der Waals surface area contributed by atoms with Gasteiger partial charge in [-0.2, -0.15) is 0 Å². The number of nitro benzene ring substituents is 6. The zero-order chi connectivity index (χ0) is 26.7. The van der Waals surface area contributed by atoms with Gasteiger partial charge in [-0.3, -0.25) is 60.7 Å². The molecule has 0 saturated heterocycles. The quantitative estimate of drug-likeness (QED) is 0.199. The minimum absolute atomic E-state index is 0. The fourth-order valence-corrected chi connectivity index (χ4v) is 2.14. The van der Waals surface area contributed by atoms with Crippen molar-refractivity contribution in [2.45, 2.75) is 0 Å². The van der Waals surface area contributed by atoms with Gasteiger partial charge in [0.05, 0.1) is 29.5 Å². The number of nitro groups is 6. The van der Waals surface area contributed by atoms with Gasteiger partial charge in [0.25, 0.3) is 23.0 Å². The van der Waals surface area contributed by atoms with Crippen molar-refractivity contribution in [3.8, 4) is 23.0 Å². The maximum Gasteiger partial charge on any atom is 0.366 e. The molecule has 2 rings (SSSR count). The van der Waals surface area contributed by atoms with E-state index < -0.39 is 86.7 Å². The van der Waals surface area contributed by atoms with Gasteiger partial charge in [0.1, 0.15) is 12.1 Å². The third-order valence-electron chi connectivity index (χ3n) is 3.57. The molecule has 35 heavy (non-hydrogen) atoms. The Morgan fingerprint density at radius 1 is 0.429 bits per heavy atom. The van der Waals surface area contributed by atoms with Crippen molar-refractivity contribution in [1.82, 2.24) is 0 Å². The smallest absolute Gasteiger partial charge is 0.366 e. The van der Waals surface area contributed by atoms with Crippen molar-refractivity contribution in [1.29, 1.82) is 0 Å². The van der Waals surface area contributed by atoms with Gasteiger partial charge in [-0.05, 0) is 0 Å². The molecule has 0 heterocycles. The summed E-state index contributed by atoms with van der Waals surface area (Å²) in [6.45, 7) is 0. The molecule has 23 heteroatoms. The summed E-state index contributed by atoms with van der Waals surface area (Å²) < 4.78 is 0. The second kappa shape index (κ2) is 11.7. The van der Waals surface area contributed by atoms with Crippen LogP contribution in [0.25, 0.3) is 0 Å². The van der Waals surface area contributed by atoms with Crippen LogP contribution in [-0.2, 0) is 0 Å². The molecular weight excluding hydrogens is 621 g/mol. The first-order valence-electron chi connectivity index (χ1n) is 7.58. The second-order valence-electron chi connectivity index (χ2n) is 5.46. The summed E-state index contributed by atoms with van der Waals surface area (Å²) in [4.78, 5) is 54.8. The molecule has 0 aromatic heterocycles. The van der Waals surface area contributed by atoms with E-state index in [0.717, 1.165) is 0 Å². The van der Waals surface area contributed by atoms with Gasteiger partial charge in [0, 0.05) is 48.9 Å². The minimum atomic E-state index is -1.48. The van der Waals surface area contributed by atoms with E-state index in [0.29, 0.717) is 0 Å². The molecule has 2 aromatic rings. The predicted molar refractivity (Wildman–Crippen MR) is 105 cm³/mol. The van der Waals surface area contributed by atoms with Crippen LogP contribution in [-0.4, -0.2) is 98.8 Å². The third kappa shape index (κ3) is 6.35. The van der Waals surface area contributed by atoms with Crippen molar-refractivity contribution < 1.29 is 50.0 Å². The minimum Gasteiger partial charge on any atom is -0.497 e. The molecule has 182 valence electrons. The molecule has 0 aliphatic rings. The summed E-state index contributed by atoms with van der Waals surface area (Å²) in [6, 6.07) is 0.468. The van der Waals surface area contributed by atoms with E-state index in [9.17, 15) is 60.7 Å². The average Bonchev–Trinajstić information content (AvgIpc) is 2.66. The van der Waals surface area contributed by atoms with E-state index in [-0.39, 0.29) is 61.0 Å². The van der Waals surface area contributed by atoms with Crippen LogP contribution in [0.1, 0.15) is 0 Å². The normalized spacial score (nSPS) is 9.60. The SMILES string of the molecule is O=[N+]([O-])c1cc([N+](=O)[O-])c(O)c([N+](=O)[O-])c1O.O=[N+]([O-])c1cc([N+](=O)[O-])c(O)c([N+](=O)[O-])c1O.[Ba]. The summed E-state index contributed by atoms with van der Waals surface area (Å²) in [5, 5.41) is 99.1. The molecule has 22 nitrogen and oxygen atoms in total. The Labute approximate surface area is 227 Å². The first kappa shape index (κ1) is 30.6. The Morgan fingerprint density at radius 2 is 0.600 bits per heavy atom. The summed E-state index contributed by atoms with van der Waals surface area (Å²) in [6.07, 6.45) is 0. The molecule has 2 aromatic carbocycles. The molecule has 0 saturated carbocycles. The summed E-state index contributed by atoms with van der Waals surface area (Å²) in [5.74, 6) is -5.77. The zero-order valence-corrected chi connectivity index (χ0v) is 20.7. The molecular formula is C12H6BaN6O16. The summed E-state index contributed by atoms with van der Waals surface area (Å²) >= 11 is 0. The number of aromatic hydroxyl groups is 4. The van der Waals surface area contributed by atoms with Gasteiger partial charge in [-0.15, -0.1) is 0 Å². The Hall–Kier alpha value is -4.39. The molecule has 2 radical (unpaired) electrons. The van der Waals surface area contributed by atoms with Gasteiger partial charge in [0.15, 0.2) is 0 Å². The van der Waals surface area contributed by atoms with Crippen LogP contribution in [0.4, 0.5) is 34.1 Å². The Balaban J connectivity index is 0.000000642. The summed E-state index contributed by atoms with van der Waals surface area (Å²) in [5.41, 5.74) is -7.90. The van der Waals surface area contributed by atoms with Gasteiger partial charge in [0.2, 0.25) is 0 Å². The van der Waals surface area contributed by atoms with Gasteiger partial charge in [-0.25, -0.2) is 0 Å². The largest absolute Gasteiger partial charge is 0.497 e. The molecule has 0 unspecified atom stereocenters. The molecule has 0 atom stereocenters. The van der Waals surface area contributed by atoms with Crippen molar-refractivity contribution in [2.24, 2.45) is 0 Å². The molecule has 4 N–H and O–H groups in total. The van der Waals surface area contributed by atoms with E-state index >= 15 is 0 Å². The van der Waals surface area contributed by atoms with E-state index in [4.69, 9.17) is 20.4 Å². The van der Waals surface area contributed by atoms with Gasteiger partial charge < -0.3 is 20.4 Å². The molecule has 0 amide bonds.